The Labute approximate surface area is 318 Å². The lowest BCUT2D eigenvalue weighted by atomic mass is 9.82. The van der Waals surface area contributed by atoms with Gasteiger partial charge in [0.15, 0.2) is 0 Å². The molecule has 10 rings (SSSR count). The SMILES string of the molecule is C=CC1=C(C)C(C2=C(CCC)C=CCC2)=[N+]1c1ccc(-c2ccc3c4c(cccc24)-c2c-3c(-c3ccccc3)c3ccccc3c2-c2ccccc2)cc1. The van der Waals surface area contributed by atoms with Crippen molar-refractivity contribution in [1.29, 1.82) is 0 Å². The van der Waals surface area contributed by atoms with Crippen LogP contribution in [0.2, 0.25) is 0 Å². The summed E-state index contributed by atoms with van der Waals surface area (Å²) in [5.74, 6) is 0. The van der Waals surface area contributed by atoms with Gasteiger partial charge in [-0.15, -0.1) is 0 Å². The van der Waals surface area contributed by atoms with Crippen LogP contribution in [0.1, 0.15) is 39.5 Å². The Morgan fingerprint density at radius 2 is 1.19 bits per heavy atom. The largest absolute Gasteiger partial charge is 0.224 e. The van der Waals surface area contributed by atoms with Crippen LogP contribution in [0.5, 0.6) is 0 Å². The molecular formula is C53H42N+. The molecule has 0 aromatic heterocycles. The standard InChI is InChI=1S/C53H42N/c1-4-17-35-18-12-13-23-41(35)53-34(3)47(5-2)54(53)39-30-28-36(29-31-39)40-32-33-46-50-42(40)26-16-27-45(50)51-48(37-19-8-6-9-20-37)43-24-14-15-25-44(43)49(52(46)51)38-21-10-7-11-22-38/h5-12,14-16,18-22,24-33H,2,4,13,17,23H2,1,3H3/q+1. The third-order valence-electron chi connectivity index (χ3n) is 11.8. The summed E-state index contributed by atoms with van der Waals surface area (Å²) in [6.45, 7) is 8.74. The summed E-state index contributed by atoms with van der Waals surface area (Å²) >= 11 is 0. The molecule has 1 nitrogen and oxygen atoms in total. The summed E-state index contributed by atoms with van der Waals surface area (Å²) in [5.41, 5.74) is 21.0. The van der Waals surface area contributed by atoms with Crippen molar-refractivity contribution >= 4 is 32.9 Å². The zero-order valence-corrected chi connectivity index (χ0v) is 31.0. The van der Waals surface area contributed by atoms with Crippen molar-refractivity contribution in [3.05, 3.63) is 187 Å². The topological polar surface area (TPSA) is 3.01 Å². The lowest BCUT2D eigenvalue weighted by molar-refractivity contribution is -0.391. The fourth-order valence-electron chi connectivity index (χ4n) is 9.54. The van der Waals surface area contributed by atoms with Gasteiger partial charge in [0.25, 0.3) is 0 Å². The van der Waals surface area contributed by atoms with Crippen LogP contribution in [-0.4, -0.2) is 10.3 Å². The smallest absolute Gasteiger partial charge is 0.153 e. The molecule has 1 heteroatoms. The Morgan fingerprint density at radius 1 is 0.593 bits per heavy atom. The van der Waals surface area contributed by atoms with Crippen molar-refractivity contribution in [2.24, 2.45) is 0 Å². The number of hydrogen-bond donors (Lipinski definition) is 0. The van der Waals surface area contributed by atoms with Crippen molar-refractivity contribution in [2.75, 3.05) is 0 Å². The van der Waals surface area contributed by atoms with Crippen molar-refractivity contribution in [3.63, 3.8) is 0 Å². The first kappa shape index (κ1) is 32.3. The van der Waals surface area contributed by atoms with Crippen LogP contribution in [0.15, 0.2) is 187 Å². The normalized spacial score (nSPS) is 14.6. The molecule has 0 N–H and O–H groups in total. The van der Waals surface area contributed by atoms with E-state index in [2.05, 4.69) is 177 Å². The first-order valence-corrected chi connectivity index (χ1v) is 19.4. The lowest BCUT2D eigenvalue weighted by Crippen LogP contribution is -2.31. The maximum atomic E-state index is 4.21. The van der Waals surface area contributed by atoms with Crippen molar-refractivity contribution < 1.29 is 4.58 Å². The van der Waals surface area contributed by atoms with Crippen molar-refractivity contribution in [2.45, 2.75) is 39.5 Å². The van der Waals surface area contributed by atoms with Crippen LogP contribution in [0.3, 0.4) is 0 Å². The summed E-state index contributed by atoms with van der Waals surface area (Å²) in [6.07, 6.45) is 11.2. The van der Waals surface area contributed by atoms with Crippen LogP contribution < -0.4 is 0 Å². The molecule has 7 aromatic carbocycles. The van der Waals surface area contributed by atoms with Gasteiger partial charge in [0, 0.05) is 23.8 Å². The van der Waals surface area contributed by atoms with E-state index in [4.69, 9.17) is 0 Å². The molecule has 3 aliphatic rings. The number of nitrogens with zero attached hydrogens (tertiary/aromatic N) is 1. The number of allylic oxidation sites excluding steroid dienone is 6. The highest BCUT2D eigenvalue weighted by Gasteiger charge is 2.39. The minimum atomic E-state index is 1.09. The highest BCUT2D eigenvalue weighted by Crippen LogP contribution is 2.58. The predicted molar refractivity (Wildman–Crippen MR) is 230 cm³/mol. The van der Waals surface area contributed by atoms with Gasteiger partial charge in [-0.25, -0.2) is 0 Å². The molecule has 54 heavy (non-hydrogen) atoms. The molecule has 1 aliphatic heterocycles. The van der Waals surface area contributed by atoms with E-state index >= 15 is 0 Å². The Morgan fingerprint density at radius 3 is 1.81 bits per heavy atom. The van der Waals surface area contributed by atoms with E-state index in [0.29, 0.717) is 0 Å². The fourth-order valence-corrected chi connectivity index (χ4v) is 9.54. The average Bonchev–Trinajstić information content (AvgIpc) is 3.55. The third kappa shape index (κ3) is 4.81. The molecule has 0 fully saturated rings. The summed E-state index contributed by atoms with van der Waals surface area (Å²) < 4.78 is 2.43. The number of rotatable bonds is 8. The van der Waals surface area contributed by atoms with Crippen LogP contribution >= 0.6 is 0 Å². The van der Waals surface area contributed by atoms with Gasteiger partial charge in [0.05, 0.1) is 5.57 Å². The van der Waals surface area contributed by atoms with Gasteiger partial charge < -0.3 is 0 Å². The van der Waals surface area contributed by atoms with E-state index < -0.39 is 0 Å². The molecular weight excluding hydrogens is 651 g/mol. The van der Waals surface area contributed by atoms with Gasteiger partial charge in [-0.05, 0) is 121 Å². The quantitative estimate of drug-likeness (QED) is 0.139. The van der Waals surface area contributed by atoms with E-state index in [1.165, 1.54) is 111 Å². The first-order valence-electron chi connectivity index (χ1n) is 19.4. The Hall–Kier alpha value is -6.31. The summed E-state index contributed by atoms with van der Waals surface area (Å²) in [4.78, 5) is 0. The highest BCUT2D eigenvalue weighted by atomic mass is 15.1. The maximum absolute atomic E-state index is 4.21. The van der Waals surface area contributed by atoms with E-state index in [0.717, 1.165) is 25.7 Å². The molecule has 0 saturated heterocycles. The van der Waals surface area contributed by atoms with Gasteiger partial charge >= 0.3 is 0 Å². The third-order valence-corrected chi connectivity index (χ3v) is 11.8. The summed E-state index contributed by atoms with van der Waals surface area (Å²) in [7, 11) is 0. The van der Waals surface area contributed by atoms with Crippen LogP contribution in [0, 0.1) is 0 Å². The van der Waals surface area contributed by atoms with Gasteiger partial charge in [0.1, 0.15) is 0 Å². The van der Waals surface area contributed by atoms with E-state index in [1.807, 2.05) is 6.08 Å². The second-order valence-corrected chi connectivity index (χ2v) is 14.8. The Bertz CT molecular complexity index is 2710. The number of benzene rings is 7. The minimum Gasteiger partial charge on any atom is -0.153 e. The van der Waals surface area contributed by atoms with Gasteiger partial charge in [-0.1, -0.05) is 147 Å². The Balaban J connectivity index is 1.17. The van der Waals surface area contributed by atoms with Crippen LogP contribution in [0.25, 0.3) is 77.2 Å². The molecule has 0 bridgehead atoms. The zero-order chi connectivity index (χ0) is 36.3. The summed E-state index contributed by atoms with van der Waals surface area (Å²) in [6, 6.07) is 51.8. The lowest BCUT2D eigenvalue weighted by Gasteiger charge is -2.24. The molecule has 0 saturated carbocycles. The van der Waals surface area contributed by atoms with Gasteiger partial charge in [0.2, 0.25) is 17.1 Å². The van der Waals surface area contributed by atoms with E-state index in [-0.39, 0.29) is 0 Å². The molecule has 258 valence electrons. The van der Waals surface area contributed by atoms with E-state index in [1.54, 1.807) is 0 Å². The van der Waals surface area contributed by atoms with Crippen molar-refractivity contribution in [3.8, 4) is 55.6 Å². The second kappa shape index (κ2) is 13.0. The zero-order valence-electron chi connectivity index (χ0n) is 31.0. The average molecular weight is 693 g/mol. The van der Waals surface area contributed by atoms with Crippen LogP contribution in [-0.2, 0) is 0 Å². The molecule has 2 aliphatic carbocycles. The number of hydrogen-bond acceptors (Lipinski definition) is 0. The van der Waals surface area contributed by atoms with Gasteiger partial charge in [-0.3, -0.25) is 0 Å². The monoisotopic (exact) mass is 692 g/mol. The number of fused-ring (bicyclic) bond motifs is 4. The fraction of sp³-hybridized carbons (Fsp3) is 0.113. The summed E-state index contributed by atoms with van der Waals surface area (Å²) in [5, 5.41) is 5.20. The minimum absolute atomic E-state index is 1.09. The van der Waals surface area contributed by atoms with Crippen LogP contribution in [0.4, 0.5) is 5.69 Å². The molecule has 0 spiro atoms. The Kier molecular flexibility index (Phi) is 7.77. The molecule has 0 atom stereocenters. The van der Waals surface area contributed by atoms with Crippen molar-refractivity contribution in [1.82, 2.24) is 0 Å². The second-order valence-electron chi connectivity index (χ2n) is 14.8. The van der Waals surface area contributed by atoms with Gasteiger partial charge in [-0.2, -0.15) is 4.58 Å². The molecule has 7 aromatic rings. The molecule has 0 unspecified atom stereocenters. The predicted octanol–water partition coefficient (Wildman–Crippen LogP) is 14.6. The molecule has 1 heterocycles. The first-order chi connectivity index (χ1) is 26.7. The molecule has 0 radical (unpaired) electrons. The van der Waals surface area contributed by atoms with E-state index in [9.17, 15) is 0 Å². The molecule has 0 amide bonds. The maximum Gasteiger partial charge on any atom is 0.224 e. The highest BCUT2D eigenvalue weighted by molar-refractivity contribution is 6.28.